The molecule has 0 aliphatic rings. The van der Waals surface area contributed by atoms with Gasteiger partial charge < -0.3 is 10.7 Å². The second kappa shape index (κ2) is 3.28. The lowest BCUT2D eigenvalue weighted by Gasteiger charge is -2.14. The Morgan fingerprint density at radius 3 is 2.45 bits per heavy atom. The van der Waals surface area contributed by atoms with Crippen LogP contribution in [0.4, 0.5) is 0 Å². The van der Waals surface area contributed by atoms with Crippen molar-refractivity contribution in [1.82, 2.24) is 4.98 Å². The molecule has 0 saturated carbocycles. The van der Waals surface area contributed by atoms with Crippen LogP contribution in [-0.2, 0) is 0 Å². The van der Waals surface area contributed by atoms with Gasteiger partial charge in [0.05, 0.1) is 5.02 Å². The second-order valence-corrected chi connectivity index (χ2v) is 3.44. The molecule has 1 rings (SSSR count). The number of H-pyrrole nitrogens is 1. The van der Waals surface area contributed by atoms with Crippen molar-refractivity contribution < 1.29 is 0 Å². The van der Waals surface area contributed by atoms with Crippen molar-refractivity contribution in [2.24, 2.45) is 11.7 Å². The zero-order valence-electron chi connectivity index (χ0n) is 6.76. The van der Waals surface area contributed by atoms with Gasteiger partial charge in [-0.3, -0.25) is 0 Å². The third-order valence-electron chi connectivity index (χ3n) is 1.80. The minimum absolute atomic E-state index is 0.0359. The summed E-state index contributed by atoms with van der Waals surface area (Å²) in [5.41, 5.74) is 6.88. The van der Waals surface area contributed by atoms with E-state index in [1.165, 1.54) is 0 Å². The third kappa shape index (κ3) is 1.76. The van der Waals surface area contributed by atoms with Gasteiger partial charge in [-0.25, -0.2) is 0 Å². The lowest BCUT2D eigenvalue weighted by Crippen LogP contribution is -2.16. The van der Waals surface area contributed by atoms with Crippen LogP contribution in [0.2, 0.25) is 5.02 Å². The summed E-state index contributed by atoms with van der Waals surface area (Å²) in [5.74, 6) is 0.420. The van der Waals surface area contributed by atoms with Gasteiger partial charge in [0.1, 0.15) is 0 Å². The van der Waals surface area contributed by atoms with Crippen molar-refractivity contribution in [3.8, 4) is 0 Å². The number of aromatic nitrogens is 1. The van der Waals surface area contributed by atoms with Gasteiger partial charge >= 0.3 is 0 Å². The minimum Gasteiger partial charge on any atom is -0.366 e. The molecule has 0 radical (unpaired) electrons. The van der Waals surface area contributed by atoms with Crippen molar-refractivity contribution in [1.29, 1.82) is 0 Å². The molecule has 1 aromatic rings. The molecule has 0 spiro atoms. The summed E-state index contributed by atoms with van der Waals surface area (Å²) in [6, 6.07) is 0.0359. The van der Waals surface area contributed by atoms with Gasteiger partial charge in [-0.05, 0) is 5.92 Å². The minimum atomic E-state index is 0.0359. The van der Waals surface area contributed by atoms with Crippen molar-refractivity contribution in [2.45, 2.75) is 19.9 Å². The molecular formula is C8H13ClN2. The Balaban J connectivity index is 2.84. The van der Waals surface area contributed by atoms with Gasteiger partial charge in [0.25, 0.3) is 0 Å². The van der Waals surface area contributed by atoms with Gasteiger partial charge in [-0.1, -0.05) is 25.4 Å². The smallest absolute Gasteiger partial charge is 0.0628 e. The predicted octanol–water partition coefficient (Wildman–Crippen LogP) is 2.32. The van der Waals surface area contributed by atoms with Gasteiger partial charge in [0.2, 0.25) is 0 Å². The van der Waals surface area contributed by atoms with E-state index >= 15 is 0 Å². The summed E-state index contributed by atoms with van der Waals surface area (Å²) < 4.78 is 0. The Morgan fingerprint density at radius 1 is 1.45 bits per heavy atom. The number of rotatable bonds is 2. The molecule has 3 heteroatoms. The Kier molecular flexibility index (Phi) is 2.58. The van der Waals surface area contributed by atoms with E-state index in [1.807, 2.05) is 6.20 Å². The molecule has 62 valence electrons. The fraction of sp³-hybridized carbons (Fsp3) is 0.500. The monoisotopic (exact) mass is 172 g/mol. The lowest BCUT2D eigenvalue weighted by atomic mass is 10.00. The molecular weight excluding hydrogens is 160 g/mol. The first-order chi connectivity index (χ1) is 5.13. The Labute approximate surface area is 71.7 Å². The molecule has 0 amide bonds. The maximum atomic E-state index is 5.88. The van der Waals surface area contributed by atoms with Gasteiger partial charge in [-0.2, -0.15) is 0 Å². The maximum absolute atomic E-state index is 5.88. The van der Waals surface area contributed by atoms with Gasteiger partial charge in [0.15, 0.2) is 0 Å². The Bertz CT molecular complexity index is 230. The largest absolute Gasteiger partial charge is 0.366 e. The van der Waals surface area contributed by atoms with E-state index in [9.17, 15) is 0 Å². The number of hydrogen-bond donors (Lipinski definition) is 2. The number of halogens is 1. The summed E-state index contributed by atoms with van der Waals surface area (Å²) >= 11 is 5.87. The molecule has 1 atom stereocenters. The summed E-state index contributed by atoms with van der Waals surface area (Å²) in [5, 5.41) is 0.728. The number of hydrogen-bond acceptors (Lipinski definition) is 1. The van der Waals surface area contributed by atoms with Crippen molar-refractivity contribution in [3.63, 3.8) is 0 Å². The van der Waals surface area contributed by atoms with Crippen molar-refractivity contribution in [3.05, 3.63) is 23.0 Å². The molecule has 0 aromatic carbocycles. The number of nitrogens with one attached hydrogen (secondary N) is 1. The quantitative estimate of drug-likeness (QED) is 0.707. The highest BCUT2D eigenvalue weighted by Gasteiger charge is 2.13. The first-order valence-corrected chi connectivity index (χ1v) is 4.08. The van der Waals surface area contributed by atoms with E-state index in [4.69, 9.17) is 17.3 Å². The molecule has 0 aliphatic heterocycles. The molecule has 11 heavy (non-hydrogen) atoms. The third-order valence-corrected chi connectivity index (χ3v) is 2.13. The van der Waals surface area contributed by atoms with Crippen LogP contribution in [0.25, 0.3) is 0 Å². The molecule has 1 aromatic heterocycles. The first kappa shape index (κ1) is 8.62. The highest BCUT2D eigenvalue weighted by Crippen LogP contribution is 2.25. The van der Waals surface area contributed by atoms with E-state index in [0.717, 1.165) is 10.6 Å². The zero-order valence-corrected chi connectivity index (χ0v) is 7.52. The second-order valence-electron chi connectivity index (χ2n) is 3.03. The van der Waals surface area contributed by atoms with Crippen LogP contribution in [0.1, 0.15) is 25.5 Å². The number of nitrogens with two attached hydrogens (primary N) is 1. The van der Waals surface area contributed by atoms with E-state index in [-0.39, 0.29) is 6.04 Å². The average molecular weight is 173 g/mol. The van der Waals surface area contributed by atoms with E-state index in [0.29, 0.717) is 5.92 Å². The Hall–Kier alpha value is -0.470. The van der Waals surface area contributed by atoms with Gasteiger partial charge in [-0.15, -0.1) is 0 Å². The van der Waals surface area contributed by atoms with E-state index in [2.05, 4.69) is 18.8 Å². The molecule has 1 heterocycles. The molecule has 2 nitrogen and oxygen atoms in total. The maximum Gasteiger partial charge on any atom is 0.0628 e. The van der Waals surface area contributed by atoms with Gasteiger partial charge in [0, 0.05) is 24.0 Å². The fourth-order valence-corrected chi connectivity index (χ4v) is 1.21. The summed E-state index contributed by atoms with van der Waals surface area (Å²) in [6.45, 7) is 4.15. The molecule has 3 N–H and O–H groups in total. The van der Waals surface area contributed by atoms with Crippen LogP contribution in [0, 0.1) is 5.92 Å². The van der Waals surface area contributed by atoms with E-state index in [1.54, 1.807) is 6.20 Å². The normalized spacial score (nSPS) is 13.9. The lowest BCUT2D eigenvalue weighted by molar-refractivity contribution is 0.515. The molecule has 0 fully saturated rings. The zero-order chi connectivity index (χ0) is 8.43. The highest BCUT2D eigenvalue weighted by atomic mass is 35.5. The fourth-order valence-electron chi connectivity index (χ4n) is 0.971. The van der Waals surface area contributed by atoms with Crippen LogP contribution in [0.15, 0.2) is 12.4 Å². The van der Waals surface area contributed by atoms with Crippen molar-refractivity contribution in [2.75, 3.05) is 0 Å². The van der Waals surface area contributed by atoms with Crippen LogP contribution in [-0.4, -0.2) is 4.98 Å². The first-order valence-electron chi connectivity index (χ1n) is 3.70. The standard InChI is InChI=1S/C8H13ClN2/c1-5(2)8(10)6-3-11-4-7(6)9/h3-5,8,11H,10H2,1-2H3/t8-/m1/s1. The van der Waals surface area contributed by atoms with Crippen LogP contribution in [0.5, 0.6) is 0 Å². The topological polar surface area (TPSA) is 41.8 Å². The molecule has 0 unspecified atom stereocenters. The van der Waals surface area contributed by atoms with Crippen LogP contribution < -0.4 is 5.73 Å². The summed E-state index contributed by atoms with van der Waals surface area (Å²) in [4.78, 5) is 2.92. The SMILES string of the molecule is CC(C)[C@@H](N)c1c[nH]cc1Cl. The Morgan fingerprint density at radius 2 is 2.09 bits per heavy atom. The highest BCUT2D eigenvalue weighted by molar-refractivity contribution is 6.31. The van der Waals surface area contributed by atoms with E-state index < -0.39 is 0 Å². The summed E-state index contributed by atoms with van der Waals surface area (Å²) in [6.07, 6.45) is 3.60. The molecule has 0 aliphatic carbocycles. The van der Waals surface area contributed by atoms with Crippen molar-refractivity contribution >= 4 is 11.6 Å². The van der Waals surface area contributed by atoms with Crippen LogP contribution >= 0.6 is 11.6 Å². The average Bonchev–Trinajstić information content (AvgIpc) is 2.33. The predicted molar refractivity (Wildman–Crippen MR) is 47.6 cm³/mol. The molecule has 0 bridgehead atoms. The molecule has 0 saturated heterocycles. The number of aromatic amines is 1. The van der Waals surface area contributed by atoms with Crippen LogP contribution in [0.3, 0.4) is 0 Å². The summed E-state index contributed by atoms with van der Waals surface area (Å²) in [7, 11) is 0.